The predicted octanol–water partition coefficient (Wildman–Crippen LogP) is 5.32. The van der Waals surface area contributed by atoms with Crippen molar-refractivity contribution in [2.45, 2.75) is 122 Å². The molecule has 3 nitrogen and oxygen atoms in total. The maximum absolute atomic E-state index is 9.08. The lowest BCUT2D eigenvalue weighted by molar-refractivity contribution is 0.183. The lowest BCUT2D eigenvalue weighted by Gasteiger charge is -2.28. The Labute approximate surface area is 151 Å². The molecule has 4 N–H and O–H groups in total. The number of aliphatic hydroxyl groups excluding tert-OH is 2. The van der Waals surface area contributed by atoms with Crippen LogP contribution in [0.2, 0.25) is 0 Å². The summed E-state index contributed by atoms with van der Waals surface area (Å²) in [6.45, 7) is 2.51. The van der Waals surface area contributed by atoms with Crippen LogP contribution in [-0.2, 0) is 0 Å². The lowest BCUT2D eigenvalue weighted by Crippen LogP contribution is -2.41. The average molecular weight is 344 g/mol. The van der Waals surface area contributed by atoms with E-state index in [2.05, 4.69) is 6.92 Å². The molecule has 0 aromatic carbocycles. The summed E-state index contributed by atoms with van der Waals surface area (Å²) in [5.74, 6) is 0. The molecule has 0 spiro atoms. The van der Waals surface area contributed by atoms with Crippen LogP contribution >= 0.6 is 0 Å². The third kappa shape index (κ3) is 15.4. The molecule has 0 saturated heterocycles. The van der Waals surface area contributed by atoms with Crippen molar-refractivity contribution < 1.29 is 10.2 Å². The summed E-state index contributed by atoms with van der Waals surface area (Å²) < 4.78 is 0. The van der Waals surface area contributed by atoms with Crippen molar-refractivity contribution >= 4 is 0 Å². The molecule has 146 valence electrons. The Bertz CT molecular complexity index is 240. The number of unbranched alkanes of at least 4 members (excludes halogenated alkanes) is 13. The molecule has 0 heterocycles. The maximum atomic E-state index is 9.08. The highest BCUT2D eigenvalue weighted by atomic mass is 16.3. The number of hydrogen-bond donors (Lipinski definition) is 3. The van der Waals surface area contributed by atoms with Crippen molar-refractivity contribution in [1.82, 2.24) is 0 Å². The van der Waals surface area contributed by atoms with Gasteiger partial charge in [0.25, 0.3) is 0 Å². The molecule has 0 atom stereocenters. The minimum atomic E-state index is -0.360. The molecule has 0 aliphatic heterocycles. The van der Waals surface area contributed by atoms with Crippen molar-refractivity contribution in [3.8, 4) is 0 Å². The summed E-state index contributed by atoms with van der Waals surface area (Å²) in [5.41, 5.74) is 5.89. The Morgan fingerprint density at radius 3 is 1.21 bits per heavy atom. The summed E-state index contributed by atoms with van der Waals surface area (Å²) in [5, 5.41) is 18.2. The van der Waals surface area contributed by atoms with Gasteiger partial charge in [-0.25, -0.2) is 0 Å². The van der Waals surface area contributed by atoms with Crippen LogP contribution in [0, 0.1) is 0 Å². The molecule has 0 aliphatic rings. The van der Waals surface area contributed by atoms with Crippen molar-refractivity contribution in [3.63, 3.8) is 0 Å². The van der Waals surface area contributed by atoms with Gasteiger partial charge < -0.3 is 15.9 Å². The van der Waals surface area contributed by atoms with Gasteiger partial charge in [0.15, 0.2) is 0 Å². The van der Waals surface area contributed by atoms with Gasteiger partial charge in [0.1, 0.15) is 0 Å². The highest BCUT2D eigenvalue weighted by Gasteiger charge is 2.22. The third-order valence-corrected chi connectivity index (χ3v) is 5.25. The van der Waals surface area contributed by atoms with E-state index < -0.39 is 0 Å². The van der Waals surface area contributed by atoms with E-state index in [4.69, 9.17) is 15.9 Å². The first-order valence-corrected chi connectivity index (χ1v) is 10.7. The van der Waals surface area contributed by atoms with Crippen LogP contribution in [0.1, 0.15) is 116 Å². The fourth-order valence-corrected chi connectivity index (χ4v) is 3.49. The van der Waals surface area contributed by atoms with Crippen LogP contribution in [0.3, 0.4) is 0 Å². The number of hydrogen-bond acceptors (Lipinski definition) is 3. The van der Waals surface area contributed by atoms with E-state index in [1.807, 2.05) is 0 Å². The predicted molar refractivity (Wildman–Crippen MR) is 105 cm³/mol. The van der Waals surface area contributed by atoms with Gasteiger partial charge in [-0.15, -0.1) is 0 Å². The number of rotatable bonds is 19. The molecular formula is C21H45NO2. The molecule has 0 aromatic rings. The van der Waals surface area contributed by atoms with E-state index in [0.717, 1.165) is 12.8 Å². The molecule has 0 bridgehead atoms. The molecular weight excluding hydrogens is 298 g/mol. The Morgan fingerprint density at radius 2 is 0.875 bits per heavy atom. The van der Waals surface area contributed by atoms with Crippen LogP contribution in [0.15, 0.2) is 0 Å². The SMILES string of the molecule is CCCCCCCCCCCCCCCCC(N)(CCO)CCO. The highest BCUT2D eigenvalue weighted by Crippen LogP contribution is 2.21. The molecule has 0 radical (unpaired) electrons. The van der Waals surface area contributed by atoms with Gasteiger partial charge in [-0.3, -0.25) is 0 Å². The molecule has 0 fully saturated rings. The van der Waals surface area contributed by atoms with Crippen LogP contribution in [0.25, 0.3) is 0 Å². The van der Waals surface area contributed by atoms with Crippen LogP contribution < -0.4 is 5.73 Å². The first kappa shape index (κ1) is 23.9. The van der Waals surface area contributed by atoms with Crippen molar-refractivity contribution in [2.24, 2.45) is 5.73 Å². The zero-order valence-corrected chi connectivity index (χ0v) is 16.4. The highest BCUT2D eigenvalue weighted by molar-refractivity contribution is 4.83. The number of aliphatic hydroxyl groups is 2. The second-order valence-corrected chi connectivity index (χ2v) is 7.66. The zero-order chi connectivity index (χ0) is 17.9. The first-order valence-electron chi connectivity index (χ1n) is 10.7. The molecule has 3 heteroatoms. The Balaban J connectivity index is 3.30. The monoisotopic (exact) mass is 343 g/mol. The minimum absolute atomic E-state index is 0.120. The normalized spacial score (nSPS) is 12.0. The second kappa shape index (κ2) is 17.7. The smallest absolute Gasteiger partial charge is 0.0448 e. The summed E-state index contributed by atoms with van der Waals surface area (Å²) >= 11 is 0. The molecule has 0 amide bonds. The van der Waals surface area contributed by atoms with Gasteiger partial charge in [0.2, 0.25) is 0 Å². The molecule has 0 aromatic heterocycles. The summed E-state index contributed by atoms with van der Waals surface area (Å²) in [6, 6.07) is 0. The van der Waals surface area contributed by atoms with E-state index in [-0.39, 0.29) is 18.8 Å². The van der Waals surface area contributed by atoms with E-state index >= 15 is 0 Å². The van der Waals surface area contributed by atoms with E-state index in [0.29, 0.717) is 12.8 Å². The van der Waals surface area contributed by atoms with Gasteiger partial charge in [0, 0.05) is 18.8 Å². The van der Waals surface area contributed by atoms with Crippen molar-refractivity contribution in [2.75, 3.05) is 13.2 Å². The fraction of sp³-hybridized carbons (Fsp3) is 1.00. The quantitative estimate of drug-likeness (QED) is 0.278. The molecule has 0 unspecified atom stereocenters. The third-order valence-electron chi connectivity index (χ3n) is 5.25. The van der Waals surface area contributed by atoms with Gasteiger partial charge in [-0.2, -0.15) is 0 Å². The summed E-state index contributed by atoms with van der Waals surface area (Å²) in [6.07, 6.45) is 21.2. The maximum Gasteiger partial charge on any atom is 0.0448 e. The molecule has 0 rings (SSSR count). The van der Waals surface area contributed by atoms with Gasteiger partial charge in [-0.05, 0) is 19.3 Å². The number of nitrogens with two attached hydrogens (primary N) is 1. The van der Waals surface area contributed by atoms with Gasteiger partial charge in [-0.1, -0.05) is 96.8 Å². The van der Waals surface area contributed by atoms with E-state index in [1.54, 1.807) is 0 Å². The largest absolute Gasteiger partial charge is 0.396 e. The molecule has 0 saturated carbocycles. The van der Waals surface area contributed by atoms with Crippen LogP contribution in [-0.4, -0.2) is 29.0 Å². The Hall–Kier alpha value is -0.120. The van der Waals surface area contributed by atoms with Crippen LogP contribution in [0.5, 0.6) is 0 Å². The van der Waals surface area contributed by atoms with Crippen molar-refractivity contribution in [3.05, 3.63) is 0 Å². The Morgan fingerprint density at radius 1 is 0.542 bits per heavy atom. The van der Waals surface area contributed by atoms with E-state index in [9.17, 15) is 0 Å². The van der Waals surface area contributed by atoms with Gasteiger partial charge >= 0.3 is 0 Å². The molecule has 0 aliphatic carbocycles. The van der Waals surface area contributed by atoms with Gasteiger partial charge in [0.05, 0.1) is 0 Å². The topological polar surface area (TPSA) is 66.5 Å². The minimum Gasteiger partial charge on any atom is -0.396 e. The summed E-state index contributed by atoms with van der Waals surface area (Å²) in [4.78, 5) is 0. The second-order valence-electron chi connectivity index (χ2n) is 7.66. The van der Waals surface area contributed by atoms with Crippen molar-refractivity contribution in [1.29, 1.82) is 0 Å². The standard InChI is InChI=1S/C21H45NO2/c1-2-3-4-5-6-7-8-9-10-11-12-13-14-15-16-21(22,17-19-23)18-20-24/h23-24H,2-20,22H2,1H3. The Kier molecular flexibility index (Phi) is 17.6. The van der Waals surface area contributed by atoms with Crippen LogP contribution in [0.4, 0.5) is 0 Å². The first-order chi connectivity index (χ1) is 11.7. The van der Waals surface area contributed by atoms with E-state index in [1.165, 1.54) is 83.5 Å². The zero-order valence-electron chi connectivity index (χ0n) is 16.4. The molecule has 24 heavy (non-hydrogen) atoms. The lowest BCUT2D eigenvalue weighted by atomic mass is 9.87. The fourth-order valence-electron chi connectivity index (χ4n) is 3.49. The summed E-state index contributed by atoms with van der Waals surface area (Å²) in [7, 11) is 0. The average Bonchev–Trinajstić information content (AvgIpc) is 2.55.